The largest absolute Gasteiger partial charge is 0.494 e. The molecule has 2 aromatic rings. The lowest BCUT2D eigenvalue weighted by atomic mass is 10.1. The van der Waals surface area contributed by atoms with Crippen LogP contribution in [0.2, 0.25) is 0 Å². The predicted molar refractivity (Wildman–Crippen MR) is 68.6 cm³/mol. The molecule has 0 fully saturated rings. The van der Waals surface area contributed by atoms with Gasteiger partial charge in [0.1, 0.15) is 11.6 Å². The van der Waals surface area contributed by atoms with Gasteiger partial charge in [-0.3, -0.25) is 5.10 Å². The van der Waals surface area contributed by atoms with Gasteiger partial charge in [0.25, 0.3) is 0 Å². The number of azide groups is 1. The minimum Gasteiger partial charge on any atom is -0.494 e. The van der Waals surface area contributed by atoms with Crippen molar-refractivity contribution < 1.29 is 4.74 Å². The molecule has 0 spiro atoms. The summed E-state index contributed by atoms with van der Waals surface area (Å²) in [6, 6.07) is 9.32. The Balaban J connectivity index is 2.15. The van der Waals surface area contributed by atoms with Gasteiger partial charge in [-0.2, -0.15) is 5.10 Å². The van der Waals surface area contributed by atoms with Gasteiger partial charge in [0.2, 0.25) is 0 Å². The maximum Gasteiger partial charge on any atom is 0.122 e. The third-order valence-corrected chi connectivity index (χ3v) is 2.34. The van der Waals surface area contributed by atoms with Crippen LogP contribution in [0.25, 0.3) is 21.7 Å². The number of aromatic amines is 1. The maximum absolute atomic E-state index is 8.31. The summed E-state index contributed by atoms with van der Waals surface area (Å²) in [5.41, 5.74) is 9.99. The molecule has 0 radical (unpaired) electrons. The molecule has 18 heavy (non-hydrogen) atoms. The SMILES string of the molecule is CCCOc1ccc(-c2cc(N=[N+]=[N-])[nH]n2)cc1. The summed E-state index contributed by atoms with van der Waals surface area (Å²) in [7, 11) is 0. The van der Waals surface area contributed by atoms with Crippen molar-refractivity contribution in [1.29, 1.82) is 0 Å². The van der Waals surface area contributed by atoms with Crippen LogP contribution in [0.1, 0.15) is 13.3 Å². The highest BCUT2D eigenvalue weighted by Crippen LogP contribution is 2.23. The molecule has 1 heterocycles. The molecule has 6 nitrogen and oxygen atoms in total. The van der Waals surface area contributed by atoms with Crippen LogP contribution in [0.4, 0.5) is 5.82 Å². The summed E-state index contributed by atoms with van der Waals surface area (Å²) in [6.07, 6.45) is 0.983. The number of nitrogens with one attached hydrogen (secondary N) is 1. The first-order chi connectivity index (χ1) is 8.83. The fourth-order valence-electron chi connectivity index (χ4n) is 1.50. The van der Waals surface area contributed by atoms with Crippen LogP contribution in [0, 0.1) is 0 Å². The van der Waals surface area contributed by atoms with E-state index < -0.39 is 0 Å². The molecule has 92 valence electrons. The number of aromatic nitrogens is 2. The lowest BCUT2D eigenvalue weighted by Crippen LogP contribution is -1.94. The number of ether oxygens (including phenoxy) is 1. The van der Waals surface area contributed by atoms with Crippen molar-refractivity contribution >= 4 is 5.82 Å². The Bertz CT molecular complexity index is 554. The van der Waals surface area contributed by atoms with E-state index in [4.69, 9.17) is 10.3 Å². The Morgan fingerprint density at radius 3 is 2.83 bits per heavy atom. The molecule has 0 aliphatic heterocycles. The molecule has 0 amide bonds. The average Bonchev–Trinajstić information content (AvgIpc) is 2.86. The van der Waals surface area contributed by atoms with Crippen LogP contribution in [0.5, 0.6) is 5.75 Å². The van der Waals surface area contributed by atoms with Gasteiger partial charge in [-0.05, 0) is 47.4 Å². The first kappa shape index (κ1) is 12.0. The number of H-pyrrole nitrogens is 1. The zero-order valence-electron chi connectivity index (χ0n) is 10.00. The van der Waals surface area contributed by atoms with Crippen molar-refractivity contribution in [1.82, 2.24) is 10.2 Å². The third-order valence-electron chi connectivity index (χ3n) is 2.34. The van der Waals surface area contributed by atoms with E-state index in [0.29, 0.717) is 12.4 Å². The number of benzene rings is 1. The molecule has 6 heteroatoms. The normalized spacial score (nSPS) is 9.83. The van der Waals surface area contributed by atoms with E-state index in [2.05, 4.69) is 27.1 Å². The standard InChI is InChI=1S/C12H13N5O/c1-2-7-18-10-5-3-9(4-6-10)11-8-12(15-14-11)16-17-13/h3-6,8H,2,7H2,1H3,(H,14,15). The summed E-state index contributed by atoms with van der Waals surface area (Å²) in [6.45, 7) is 2.78. The highest BCUT2D eigenvalue weighted by Gasteiger charge is 2.03. The fraction of sp³-hybridized carbons (Fsp3) is 0.250. The van der Waals surface area contributed by atoms with E-state index in [1.807, 2.05) is 24.3 Å². The molecule has 0 atom stereocenters. The van der Waals surface area contributed by atoms with E-state index >= 15 is 0 Å². The second-order valence-electron chi connectivity index (χ2n) is 3.70. The second kappa shape index (κ2) is 5.75. The number of hydrogen-bond acceptors (Lipinski definition) is 3. The van der Waals surface area contributed by atoms with Gasteiger partial charge < -0.3 is 4.74 Å². The smallest absolute Gasteiger partial charge is 0.122 e. The van der Waals surface area contributed by atoms with Gasteiger partial charge in [-0.25, -0.2) is 0 Å². The highest BCUT2D eigenvalue weighted by atomic mass is 16.5. The summed E-state index contributed by atoms with van der Waals surface area (Å²) in [5, 5.41) is 10.2. The third kappa shape index (κ3) is 2.81. The summed E-state index contributed by atoms with van der Waals surface area (Å²) in [5.74, 6) is 1.24. The topological polar surface area (TPSA) is 86.7 Å². The van der Waals surface area contributed by atoms with Crippen molar-refractivity contribution in [2.45, 2.75) is 13.3 Å². The molecule has 0 saturated heterocycles. The Hall–Kier alpha value is -2.46. The predicted octanol–water partition coefficient (Wildman–Crippen LogP) is 3.81. The van der Waals surface area contributed by atoms with E-state index in [9.17, 15) is 0 Å². The van der Waals surface area contributed by atoms with Crippen molar-refractivity contribution in [2.75, 3.05) is 6.61 Å². The highest BCUT2D eigenvalue weighted by molar-refractivity contribution is 5.62. The first-order valence-corrected chi connectivity index (χ1v) is 5.67. The van der Waals surface area contributed by atoms with Crippen LogP contribution < -0.4 is 4.74 Å². The Morgan fingerprint density at radius 2 is 2.17 bits per heavy atom. The van der Waals surface area contributed by atoms with Gasteiger partial charge in [0.15, 0.2) is 0 Å². The summed E-state index contributed by atoms with van der Waals surface area (Å²) < 4.78 is 5.49. The Morgan fingerprint density at radius 1 is 1.39 bits per heavy atom. The molecule has 1 aromatic carbocycles. The van der Waals surface area contributed by atoms with Gasteiger partial charge in [0, 0.05) is 10.5 Å². The van der Waals surface area contributed by atoms with Gasteiger partial charge >= 0.3 is 0 Å². The maximum atomic E-state index is 8.31. The van der Waals surface area contributed by atoms with Crippen molar-refractivity contribution in [3.63, 3.8) is 0 Å². The number of hydrogen-bond donors (Lipinski definition) is 1. The van der Waals surface area contributed by atoms with Crippen LogP contribution in [0.3, 0.4) is 0 Å². The molecule has 1 aromatic heterocycles. The number of rotatable bonds is 5. The lowest BCUT2D eigenvalue weighted by molar-refractivity contribution is 0.317. The van der Waals surface area contributed by atoms with Crippen LogP contribution in [-0.4, -0.2) is 16.8 Å². The molecular weight excluding hydrogens is 230 g/mol. The lowest BCUT2D eigenvalue weighted by Gasteiger charge is -2.04. The second-order valence-corrected chi connectivity index (χ2v) is 3.70. The molecule has 0 saturated carbocycles. The van der Waals surface area contributed by atoms with Crippen LogP contribution in [0.15, 0.2) is 35.4 Å². The van der Waals surface area contributed by atoms with Crippen molar-refractivity contribution in [3.8, 4) is 17.0 Å². The minimum atomic E-state index is 0.402. The van der Waals surface area contributed by atoms with Gasteiger partial charge in [-0.15, -0.1) is 0 Å². The van der Waals surface area contributed by atoms with Gasteiger partial charge in [0.05, 0.1) is 12.3 Å². The molecule has 0 unspecified atom stereocenters. The average molecular weight is 243 g/mol. The Labute approximate surface area is 104 Å². The molecule has 2 rings (SSSR count). The molecule has 1 N–H and O–H groups in total. The van der Waals surface area contributed by atoms with Crippen molar-refractivity contribution in [2.24, 2.45) is 5.11 Å². The van der Waals surface area contributed by atoms with E-state index in [-0.39, 0.29) is 0 Å². The van der Waals surface area contributed by atoms with Gasteiger partial charge in [-0.1, -0.05) is 6.92 Å². The molecular formula is C12H13N5O. The molecule has 0 aliphatic carbocycles. The summed E-state index contributed by atoms with van der Waals surface area (Å²) in [4.78, 5) is 2.69. The molecule has 0 aliphatic rings. The van der Waals surface area contributed by atoms with Crippen LogP contribution >= 0.6 is 0 Å². The monoisotopic (exact) mass is 243 g/mol. The van der Waals surface area contributed by atoms with E-state index in [1.54, 1.807) is 6.07 Å². The zero-order chi connectivity index (χ0) is 12.8. The number of nitrogens with zero attached hydrogens (tertiary/aromatic N) is 4. The fourth-order valence-corrected chi connectivity index (χ4v) is 1.50. The molecule has 0 bridgehead atoms. The van der Waals surface area contributed by atoms with E-state index in [0.717, 1.165) is 23.4 Å². The minimum absolute atomic E-state index is 0.402. The van der Waals surface area contributed by atoms with E-state index in [1.165, 1.54) is 0 Å². The Kier molecular flexibility index (Phi) is 3.83. The summed E-state index contributed by atoms with van der Waals surface area (Å²) >= 11 is 0. The first-order valence-electron chi connectivity index (χ1n) is 5.67. The quantitative estimate of drug-likeness (QED) is 0.491. The zero-order valence-corrected chi connectivity index (χ0v) is 10.00. The van der Waals surface area contributed by atoms with Crippen LogP contribution in [-0.2, 0) is 0 Å². The van der Waals surface area contributed by atoms with Crippen molar-refractivity contribution in [3.05, 3.63) is 40.8 Å².